The van der Waals surface area contributed by atoms with Crippen LogP contribution in [0.4, 0.5) is 10.5 Å². The first-order chi connectivity index (χ1) is 30.0. The van der Waals surface area contributed by atoms with Crippen LogP contribution in [0.25, 0.3) is 22.3 Å². The van der Waals surface area contributed by atoms with Crippen molar-refractivity contribution in [2.75, 3.05) is 65.9 Å². The van der Waals surface area contributed by atoms with E-state index in [1.54, 1.807) is 19.2 Å². The maximum Gasteiger partial charge on any atom is 0.321 e. The zero-order valence-corrected chi connectivity index (χ0v) is 35.1. The van der Waals surface area contributed by atoms with Gasteiger partial charge in [0.25, 0.3) is 11.8 Å². The van der Waals surface area contributed by atoms with E-state index in [1.165, 1.54) is 16.5 Å². The molecule has 1 fully saturated rings. The predicted molar refractivity (Wildman–Crippen MR) is 233 cm³/mol. The van der Waals surface area contributed by atoms with Gasteiger partial charge in [0.15, 0.2) is 0 Å². The number of imide groups is 2. The second-order valence-electron chi connectivity index (χ2n) is 15.8. The molecule has 3 aromatic carbocycles. The summed E-state index contributed by atoms with van der Waals surface area (Å²) in [6.45, 7) is 5.21. The maximum absolute atomic E-state index is 13.3. The summed E-state index contributed by atoms with van der Waals surface area (Å²) in [6, 6.07) is 23.9. The van der Waals surface area contributed by atoms with Crippen molar-refractivity contribution < 1.29 is 33.4 Å². The number of ether oxygens (including phenoxy) is 2. The molecule has 16 heteroatoms. The van der Waals surface area contributed by atoms with E-state index >= 15 is 0 Å². The molecule has 16 nitrogen and oxygen atoms in total. The van der Waals surface area contributed by atoms with Gasteiger partial charge in [0.1, 0.15) is 24.0 Å². The van der Waals surface area contributed by atoms with Crippen molar-refractivity contribution in [3.05, 3.63) is 113 Å². The van der Waals surface area contributed by atoms with Crippen molar-refractivity contribution >= 4 is 52.1 Å². The Morgan fingerprint density at radius 3 is 2.50 bits per heavy atom. The summed E-state index contributed by atoms with van der Waals surface area (Å²) in [7, 11) is 5.80. The van der Waals surface area contributed by atoms with Crippen LogP contribution in [-0.2, 0) is 20.9 Å². The van der Waals surface area contributed by atoms with E-state index in [2.05, 4.69) is 87.9 Å². The predicted octanol–water partition coefficient (Wildman–Crippen LogP) is 5.08. The molecule has 62 heavy (non-hydrogen) atoms. The number of pyridine rings is 1. The molecular formula is C46H49N9O7. The number of benzene rings is 3. The fourth-order valence-electron chi connectivity index (χ4n) is 8.14. The van der Waals surface area contributed by atoms with E-state index in [9.17, 15) is 24.0 Å². The molecule has 3 aliphatic heterocycles. The van der Waals surface area contributed by atoms with Gasteiger partial charge in [-0.2, -0.15) is 5.10 Å². The number of fused-ring (bicyclic) bond motifs is 2. The van der Waals surface area contributed by atoms with Crippen LogP contribution in [0.3, 0.4) is 0 Å². The molecule has 0 radical (unpaired) electrons. The third-order valence-corrected chi connectivity index (χ3v) is 11.3. The van der Waals surface area contributed by atoms with Gasteiger partial charge in [-0.1, -0.05) is 36.4 Å². The Morgan fingerprint density at radius 2 is 1.73 bits per heavy atom. The van der Waals surface area contributed by atoms with Gasteiger partial charge in [-0.25, -0.2) is 9.78 Å². The monoisotopic (exact) mass is 839 g/mol. The molecule has 3 aliphatic rings. The molecule has 2 unspecified atom stereocenters. The van der Waals surface area contributed by atoms with Gasteiger partial charge in [0.2, 0.25) is 11.8 Å². The highest BCUT2D eigenvalue weighted by atomic mass is 16.5. The second-order valence-corrected chi connectivity index (χ2v) is 15.8. The highest BCUT2D eigenvalue weighted by molar-refractivity contribution is 6.24. The number of rotatable bonds is 15. The number of carbonyl (C=O) groups excluding carboxylic acids is 5. The Labute approximate surface area is 358 Å². The van der Waals surface area contributed by atoms with Gasteiger partial charge in [-0.05, 0) is 92.2 Å². The molecule has 3 N–H and O–H groups in total. The number of carbonyl (C=O) groups is 5. The van der Waals surface area contributed by atoms with E-state index in [4.69, 9.17) is 14.6 Å². The largest absolute Gasteiger partial charge is 0.490 e. The molecule has 0 saturated carbocycles. The van der Waals surface area contributed by atoms with Crippen LogP contribution < -0.4 is 15.4 Å². The Morgan fingerprint density at radius 1 is 0.919 bits per heavy atom. The van der Waals surface area contributed by atoms with Crippen molar-refractivity contribution in [3.63, 3.8) is 0 Å². The van der Waals surface area contributed by atoms with Crippen LogP contribution in [0, 0.1) is 0 Å². The van der Waals surface area contributed by atoms with Gasteiger partial charge >= 0.3 is 6.03 Å². The number of hydrogen-bond acceptors (Lipinski definition) is 11. The summed E-state index contributed by atoms with van der Waals surface area (Å²) in [5.74, 6) is -2.16. The lowest BCUT2D eigenvalue weighted by molar-refractivity contribution is -0.136. The van der Waals surface area contributed by atoms with Crippen molar-refractivity contribution in [2.24, 2.45) is 5.10 Å². The SMILES string of the molecule is CCN1CC(c2ccnc3[nH]c(-c4cccc(CN(C)C)c4)cc23)C(c2ccc(NC(=O)N(C)CCOCCOc3cccc4c3C(=O)N(C3CCC(=O)NC3=O)C4=O)cc2)=N1. The smallest absolute Gasteiger partial charge is 0.321 e. The summed E-state index contributed by atoms with van der Waals surface area (Å²) >= 11 is 0. The minimum Gasteiger partial charge on any atom is -0.490 e. The Bertz CT molecular complexity index is 2570. The summed E-state index contributed by atoms with van der Waals surface area (Å²) in [6.07, 6.45) is 1.95. The number of piperidine rings is 1. The molecular weight excluding hydrogens is 791 g/mol. The lowest BCUT2D eigenvalue weighted by Gasteiger charge is -2.27. The number of H-pyrrole nitrogens is 1. The van der Waals surface area contributed by atoms with E-state index in [0.29, 0.717) is 12.2 Å². The standard InChI is InChI=1S/C46H49N9O7/c1-5-54-27-35(32-18-19-47-42-34(32)25-36(49-42)30-9-6-8-28(24-30)26-52(2)3)41(51-54)29-12-14-31(15-13-29)48-46(60)53(4)20-21-61-22-23-62-38-11-7-10-33-40(38)45(59)55(44(33)58)37-16-17-39(56)50-43(37)57/h6-15,18-19,24-25,35,37H,5,16-17,20-23,26-27H2,1-4H3,(H,47,49)(H,48,60)(H,50,56,57). The first-order valence-electron chi connectivity index (χ1n) is 20.7. The van der Waals surface area contributed by atoms with Crippen LogP contribution in [0.2, 0.25) is 0 Å². The van der Waals surface area contributed by atoms with E-state index in [1.807, 2.05) is 30.5 Å². The highest BCUT2D eigenvalue weighted by Crippen LogP contribution is 2.36. The van der Waals surface area contributed by atoms with Crippen molar-refractivity contribution in [3.8, 4) is 17.0 Å². The fourth-order valence-corrected chi connectivity index (χ4v) is 8.14. The number of hydrazone groups is 1. The van der Waals surface area contributed by atoms with E-state index in [0.717, 1.165) is 63.7 Å². The van der Waals surface area contributed by atoms with Crippen LogP contribution in [0.5, 0.6) is 5.75 Å². The molecule has 2 aromatic heterocycles. The first-order valence-corrected chi connectivity index (χ1v) is 20.7. The number of anilines is 1. The highest BCUT2D eigenvalue weighted by Gasteiger charge is 2.46. The molecule has 0 spiro atoms. The van der Waals surface area contributed by atoms with Crippen molar-refractivity contribution in [1.82, 2.24) is 35.0 Å². The Balaban J connectivity index is 0.837. The first kappa shape index (κ1) is 41.8. The summed E-state index contributed by atoms with van der Waals surface area (Å²) in [4.78, 5) is 76.3. The number of nitrogens with one attached hydrogen (secondary N) is 3. The average Bonchev–Trinajstić information content (AvgIpc) is 3.97. The molecule has 2 atom stereocenters. The molecule has 5 heterocycles. The Hall–Kier alpha value is -6.91. The minimum absolute atomic E-state index is 0.0108. The van der Waals surface area contributed by atoms with Gasteiger partial charge in [-0.3, -0.25) is 34.4 Å². The molecule has 0 bridgehead atoms. The minimum atomic E-state index is -1.07. The summed E-state index contributed by atoms with van der Waals surface area (Å²) in [5, 5.41) is 13.3. The molecule has 320 valence electrons. The number of hydrogen-bond donors (Lipinski definition) is 3. The van der Waals surface area contributed by atoms with Crippen LogP contribution in [0.15, 0.2) is 90.2 Å². The van der Waals surface area contributed by atoms with Crippen LogP contribution in [0.1, 0.15) is 63.1 Å². The Kier molecular flexibility index (Phi) is 12.1. The number of aromatic amines is 1. The van der Waals surface area contributed by atoms with E-state index in [-0.39, 0.29) is 61.5 Å². The molecule has 1 saturated heterocycles. The number of aromatic nitrogens is 2. The number of likely N-dealkylation sites (N-methyl/N-ethyl adjacent to an activating group) is 2. The van der Waals surface area contributed by atoms with Gasteiger partial charge in [-0.15, -0.1) is 0 Å². The maximum atomic E-state index is 13.3. The van der Waals surface area contributed by atoms with Gasteiger partial charge in [0.05, 0.1) is 30.1 Å². The normalized spacial score (nSPS) is 17.5. The third-order valence-electron chi connectivity index (χ3n) is 11.3. The number of nitrogens with zero attached hydrogens (tertiary/aromatic N) is 6. The number of amides is 6. The third kappa shape index (κ3) is 8.64. The second kappa shape index (κ2) is 18.0. The molecule has 8 rings (SSSR count). The van der Waals surface area contributed by atoms with Crippen molar-refractivity contribution in [1.29, 1.82) is 0 Å². The van der Waals surface area contributed by atoms with Crippen LogP contribution >= 0.6 is 0 Å². The topological polar surface area (TPSA) is 182 Å². The van der Waals surface area contributed by atoms with Gasteiger partial charge in [0, 0.05) is 68.5 Å². The summed E-state index contributed by atoms with van der Waals surface area (Å²) < 4.78 is 11.6. The van der Waals surface area contributed by atoms with E-state index < -0.39 is 29.7 Å². The zero-order valence-electron chi connectivity index (χ0n) is 35.1. The molecule has 0 aliphatic carbocycles. The van der Waals surface area contributed by atoms with Gasteiger partial charge < -0.3 is 29.6 Å². The average molecular weight is 840 g/mol. The lowest BCUT2D eigenvalue weighted by atomic mass is 9.89. The van der Waals surface area contributed by atoms with Crippen molar-refractivity contribution in [2.45, 2.75) is 38.3 Å². The fraction of sp³-hybridized carbons (Fsp3) is 0.326. The van der Waals surface area contributed by atoms with Crippen LogP contribution in [-0.4, -0.2) is 132 Å². The molecule has 5 aromatic rings. The molecule has 6 amide bonds. The quantitative estimate of drug-likeness (QED) is 0.0951. The summed E-state index contributed by atoms with van der Waals surface area (Å²) in [5.41, 5.74) is 8.12. The number of urea groups is 1. The zero-order chi connectivity index (χ0) is 43.5. The lowest BCUT2D eigenvalue weighted by Crippen LogP contribution is -2.54.